The predicted molar refractivity (Wildman–Crippen MR) is 74.0 cm³/mol. The van der Waals surface area contributed by atoms with Crippen molar-refractivity contribution in [2.24, 2.45) is 0 Å². The lowest BCUT2D eigenvalue weighted by Crippen LogP contribution is -2.13. The zero-order valence-electron chi connectivity index (χ0n) is 10.4. The van der Waals surface area contributed by atoms with Gasteiger partial charge in [0.25, 0.3) is 5.91 Å². The van der Waals surface area contributed by atoms with Crippen LogP contribution in [0.5, 0.6) is 0 Å². The van der Waals surface area contributed by atoms with Crippen molar-refractivity contribution in [3.05, 3.63) is 60.7 Å². The Morgan fingerprint density at radius 3 is 2.85 bits per heavy atom. The topological polar surface area (TPSA) is 83.6 Å². The van der Waals surface area contributed by atoms with E-state index in [0.717, 1.165) is 5.56 Å². The van der Waals surface area contributed by atoms with Crippen molar-refractivity contribution in [1.82, 2.24) is 20.2 Å². The van der Waals surface area contributed by atoms with Crippen LogP contribution in [0.25, 0.3) is 11.3 Å². The fraction of sp³-hybridized carbons (Fsp3) is 0. The Kier molecular flexibility index (Phi) is 3.20. The summed E-state index contributed by atoms with van der Waals surface area (Å²) >= 11 is 0. The first-order valence-corrected chi connectivity index (χ1v) is 6.01. The maximum atomic E-state index is 12.0. The van der Waals surface area contributed by atoms with Crippen molar-refractivity contribution in [3.63, 3.8) is 0 Å². The fourth-order valence-electron chi connectivity index (χ4n) is 1.72. The van der Waals surface area contributed by atoms with E-state index in [1.54, 1.807) is 42.9 Å². The van der Waals surface area contributed by atoms with Gasteiger partial charge in [-0.15, -0.1) is 0 Å². The molecule has 0 aliphatic rings. The summed E-state index contributed by atoms with van der Waals surface area (Å²) in [4.78, 5) is 20.1. The third kappa shape index (κ3) is 2.54. The first-order chi connectivity index (χ1) is 9.83. The number of amides is 1. The Hall–Kier alpha value is -3.02. The molecule has 6 nitrogen and oxygen atoms in total. The van der Waals surface area contributed by atoms with Crippen LogP contribution in [-0.2, 0) is 0 Å². The van der Waals surface area contributed by atoms with Gasteiger partial charge in [-0.1, -0.05) is 6.07 Å². The lowest BCUT2D eigenvalue weighted by atomic mass is 10.2. The Balaban J connectivity index is 1.79. The molecular weight excluding hydrogens is 254 g/mol. The summed E-state index contributed by atoms with van der Waals surface area (Å²) < 4.78 is 0. The van der Waals surface area contributed by atoms with Gasteiger partial charge in [0.2, 0.25) is 0 Å². The number of nitrogens with one attached hydrogen (secondary N) is 2. The summed E-state index contributed by atoms with van der Waals surface area (Å²) in [5.41, 5.74) is 1.89. The fourth-order valence-corrected chi connectivity index (χ4v) is 1.72. The van der Waals surface area contributed by atoms with Crippen LogP contribution in [0.2, 0.25) is 0 Å². The molecule has 0 bridgehead atoms. The third-order valence-corrected chi connectivity index (χ3v) is 2.69. The zero-order valence-corrected chi connectivity index (χ0v) is 10.4. The number of H-pyrrole nitrogens is 1. The summed E-state index contributed by atoms with van der Waals surface area (Å²) in [6, 6.07) is 10.7. The highest BCUT2D eigenvalue weighted by atomic mass is 16.2. The lowest BCUT2D eigenvalue weighted by Gasteiger charge is -2.00. The van der Waals surface area contributed by atoms with Gasteiger partial charge in [-0.3, -0.25) is 14.9 Å². The van der Waals surface area contributed by atoms with Crippen molar-refractivity contribution in [3.8, 4) is 11.3 Å². The van der Waals surface area contributed by atoms with E-state index in [9.17, 15) is 4.79 Å². The molecule has 1 amide bonds. The molecule has 0 atom stereocenters. The first-order valence-electron chi connectivity index (χ1n) is 6.01. The number of carbonyl (C=O) groups is 1. The van der Waals surface area contributed by atoms with E-state index in [4.69, 9.17) is 0 Å². The zero-order chi connectivity index (χ0) is 13.8. The van der Waals surface area contributed by atoms with E-state index in [1.807, 2.05) is 12.1 Å². The van der Waals surface area contributed by atoms with Gasteiger partial charge in [0.05, 0.1) is 5.69 Å². The summed E-state index contributed by atoms with van der Waals surface area (Å²) in [6.07, 6.45) is 4.99. The van der Waals surface area contributed by atoms with Crippen LogP contribution < -0.4 is 5.32 Å². The molecule has 3 aromatic heterocycles. The van der Waals surface area contributed by atoms with Crippen LogP contribution in [0.15, 0.2) is 55.0 Å². The van der Waals surface area contributed by atoms with E-state index in [2.05, 4.69) is 25.5 Å². The highest BCUT2D eigenvalue weighted by molar-refractivity contribution is 6.02. The number of rotatable bonds is 3. The Labute approximate surface area is 114 Å². The third-order valence-electron chi connectivity index (χ3n) is 2.69. The van der Waals surface area contributed by atoms with E-state index in [-0.39, 0.29) is 5.91 Å². The predicted octanol–water partition coefficient (Wildman–Crippen LogP) is 2.12. The van der Waals surface area contributed by atoms with Crippen molar-refractivity contribution in [2.75, 3.05) is 5.32 Å². The van der Waals surface area contributed by atoms with Crippen LogP contribution in [0.3, 0.4) is 0 Å². The molecule has 0 saturated carbocycles. The van der Waals surface area contributed by atoms with Crippen LogP contribution >= 0.6 is 0 Å². The molecule has 3 heterocycles. The van der Waals surface area contributed by atoms with Crippen LogP contribution in [-0.4, -0.2) is 26.1 Å². The van der Waals surface area contributed by atoms with Gasteiger partial charge in [0, 0.05) is 24.2 Å². The van der Waals surface area contributed by atoms with E-state index < -0.39 is 0 Å². The Bertz CT molecular complexity index is 709. The lowest BCUT2D eigenvalue weighted by molar-refractivity contribution is 0.102. The van der Waals surface area contributed by atoms with Crippen LogP contribution in [0, 0.1) is 0 Å². The molecule has 0 spiro atoms. The quantitative estimate of drug-likeness (QED) is 0.759. The molecule has 3 aromatic rings. The molecule has 0 fully saturated rings. The van der Waals surface area contributed by atoms with Gasteiger partial charge >= 0.3 is 0 Å². The standard InChI is InChI=1S/C14H11N5O/c20-14(17-13-5-1-2-7-16-13)12-8-11(18-19-12)10-4-3-6-15-9-10/h1-9H,(H,18,19)(H,16,17,20). The number of aromatic amines is 1. The Morgan fingerprint density at radius 1 is 1.15 bits per heavy atom. The second kappa shape index (κ2) is 5.31. The van der Waals surface area contributed by atoms with Gasteiger partial charge in [-0.05, 0) is 30.3 Å². The van der Waals surface area contributed by atoms with Crippen LogP contribution in [0.1, 0.15) is 10.5 Å². The maximum absolute atomic E-state index is 12.0. The summed E-state index contributed by atoms with van der Waals surface area (Å²) in [5, 5.41) is 9.50. The van der Waals surface area contributed by atoms with E-state index in [1.165, 1.54) is 0 Å². The van der Waals surface area contributed by atoms with Gasteiger partial charge in [-0.25, -0.2) is 4.98 Å². The SMILES string of the molecule is O=C(Nc1ccccn1)c1cc(-c2cccnc2)n[nH]1. The minimum absolute atomic E-state index is 0.286. The maximum Gasteiger partial charge on any atom is 0.274 e. The largest absolute Gasteiger partial charge is 0.305 e. The molecule has 20 heavy (non-hydrogen) atoms. The van der Waals surface area contributed by atoms with Crippen molar-refractivity contribution in [1.29, 1.82) is 0 Å². The average Bonchev–Trinajstić information content (AvgIpc) is 2.99. The van der Waals surface area contributed by atoms with Crippen molar-refractivity contribution >= 4 is 11.7 Å². The average molecular weight is 265 g/mol. The highest BCUT2D eigenvalue weighted by Gasteiger charge is 2.11. The minimum atomic E-state index is -0.286. The monoisotopic (exact) mass is 265 g/mol. The molecule has 0 aliphatic carbocycles. The van der Waals surface area contributed by atoms with E-state index >= 15 is 0 Å². The number of hydrogen-bond donors (Lipinski definition) is 2. The number of hydrogen-bond acceptors (Lipinski definition) is 4. The number of carbonyl (C=O) groups excluding carboxylic acids is 1. The highest BCUT2D eigenvalue weighted by Crippen LogP contribution is 2.16. The molecule has 0 radical (unpaired) electrons. The van der Waals surface area contributed by atoms with Crippen LogP contribution in [0.4, 0.5) is 5.82 Å². The number of nitrogens with zero attached hydrogens (tertiary/aromatic N) is 3. The molecule has 0 aliphatic heterocycles. The molecular formula is C14H11N5O. The summed E-state index contributed by atoms with van der Waals surface area (Å²) in [6.45, 7) is 0. The molecule has 0 unspecified atom stereocenters. The number of aromatic nitrogens is 4. The second-order valence-corrected chi connectivity index (χ2v) is 4.08. The molecule has 98 valence electrons. The van der Waals surface area contributed by atoms with Crippen molar-refractivity contribution in [2.45, 2.75) is 0 Å². The van der Waals surface area contributed by atoms with Gasteiger partial charge in [0.15, 0.2) is 0 Å². The second-order valence-electron chi connectivity index (χ2n) is 4.08. The molecule has 2 N–H and O–H groups in total. The van der Waals surface area contributed by atoms with Crippen molar-refractivity contribution < 1.29 is 4.79 Å². The van der Waals surface area contributed by atoms with Gasteiger partial charge < -0.3 is 5.32 Å². The van der Waals surface area contributed by atoms with Gasteiger partial charge in [-0.2, -0.15) is 5.10 Å². The number of anilines is 1. The summed E-state index contributed by atoms with van der Waals surface area (Å²) in [5.74, 6) is 0.210. The molecule has 0 saturated heterocycles. The molecule has 3 rings (SSSR count). The van der Waals surface area contributed by atoms with E-state index in [0.29, 0.717) is 17.2 Å². The summed E-state index contributed by atoms with van der Waals surface area (Å²) in [7, 11) is 0. The molecule has 6 heteroatoms. The first kappa shape index (κ1) is 12.0. The normalized spacial score (nSPS) is 10.2. The molecule has 0 aromatic carbocycles. The minimum Gasteiger partial charge on any atom is -0.305 e. The number of pyridine rings is 2. The smallest absolute Gasteiger partial charge is 0.274 e. The van der Waals surface area contributed by atoms with Gasteiger partial charge in [0.1, 0.15) is 11.5 Å². The Morgan fingerprint density at radius 2 is 2.10 bits per heavy atom.